The van der Waals surface area contributed by atoms with Gasteiger partial charge >= 0.3 is 0 Å². The predicted molar refractivity (Wildman–Crippen MR) is 110 cm³/mol. The van der Waals surface area contributed by atoms with E-state index in [1.165, 1.54) is 46.6 Å². The number of benzene rings is 2. The Morgan fingerprint density at radius 3 is 2.67 bits per heavy atom. The molecule has 2 aromatic carbocycles. The molecule has 5 heteroatoms. The quantitative estimate of drug-likeness (QED) is 0.725. The molecule has 0 saturated carbocycles. The highest BCUT2D eigenvalue weighted by molar-refractivity contribution is 7.18. The van der Waals surface area contributed by atoms with Crippen LogP contribution < -0.4 is 14.4 Å². The number of likely N-dealkylation sites (tertiary alicyclic amines) is 1. The zero-order valence-corrected chi connectivity index (χ0v) is 17.1. The molecule has 4 nitrogen and oxygen atoms in total. The molecule has 142 valence electrons. The van der Waals surface area contributed by atoms with Crippen molar-refractivity contribution in [2.45, 2.75) is 38.8 Å². The molecule has 1 N–H and O–H groups in total. The largest absolute Gasteiger partial charge is 0.493 e. The van der Waals surface area contributed by atoms with Crippen molar-refractivity contribution in [1.82, 2.24) is 4.98 Å². The van der Waals surface area contributed by atoms with Gasteiger partial charge in [-0.15, -0.1) is 11.3 Å². The summed E-state index contributed by atoms with van der Waals surface area (Å²) in [4.78, 5) is 6.57. The van der Waals surface area contributed by atoms with Crippen LogP contribution in [-0.2, 0) is 6.54 Å². The van der Waals surface area contributed by atoms with Gasteiger partial charge in [-0.1, -0.05) is 12.1 Å². The molecular formula is C22H27N2O2S+. The van der Waals surface area contributed by atoms with Gasteiger partial charge < -0.3 is 14.4 Å². The first-order valence-corrected chi connectivity index (χ1v) is 10.4. The van der Waals surface area contributed by atoms with Crippen molar-refractivity contribution >= 4 is 21.6 Å². The van der Waals surface area contributed by atoms with E-state index in [1.807, 2.05) is 11.3 Å². The Bertz CT molecular complexity index is 904. The topological polar surface area (TPSA) is 35.8 Å². The third kappa shape index (κ3) is 3.66. The number of thiazole rings is 1. The summed E-state index contributed by atoms with van der Waals surface area (Å²) in [5, 5.41) is 1.28. The lowest BCUT2D eigenvalue weighted by Crippen LogP contribution is -3.11. The van der Waals surface area contributed by atoms with E-state index in [9.17, 15) is 0 Å². The molecule has 0 spiro atoms. The lowest BCUT2D eigenvalue weighted by Gasteiger charge is -2.32. The molecule has 1 saturated heterocycles. The minimum atomic E-state index is 0.476. The van der Waals surface area contributed by atoms with E-state index >= 15 is 0 Å². The van der Waals surface area contributed by atoms with Crippen LogP contribution >= 0.6 is 11.3 Å². The van der Waals surface area contributed by atoms with Gasteiger partial charge in [-0.25, -0.2) is 4.98 Å². The van der Waals surface area contributed by atoms with Crippen molar-refractivity contribution in [1.29, 1.82) is 0 Å². The molecule has 0 aliphatic carbocycles. The van der Waals surface area contributed by atoms with Gasteiger partial charge in [0.1, 0.15) is 12.6 Å². The van der Waals surface area contributed by atoms with E-state index in [1.54, 1.807) is 19.1 Å². The summed E-state index contributed by atoms with van der Waals surface area (Å²) in [5.41, 5.74) is 3.72. The average molecular weight is 384 g/mol. The molecule has 0 bridgehead atoms. The van der Waals surface area contributed by atoms with E-state index in [-0.39, 0.29) is 0 Å². The Kier molecular flexibility index (Phi) is 5.32. The summed E-state index contributed by atoms with van der Waals surface area (Å²) in [7, 11) is 3.39. The van der Waals surface area contributed by atoms with E-state index in [0.717, 1.165) is 23.6 Å². The maximum absolute atomic E-state index is 5.53. The smallest absolute Gasteiger partial charge is 0.161 e. The monoisotopic (exact) mass is 383 g/mol. The van der Waals surface area contributed by atoms with Crippen molar-refractivity contribution in [3.8, 4) is 11.5 Å². The fourth-order valence-electron chi connectivity index (χ4n) is 4.09. The number of quaternary nitrogens is 1. The summed E-state index contributed by atoms with van der Waals surface area (Å²) >= 11 is 1.86. The highest BCUT2D eigenvalue weighted by atomic mass is 32.1. The Hall–Kier alpha value is -2.11. The third-order valence-electron chi connectivity index (χ3n) is 5.60. The summed E-state index contributed by atoms with van der Waals surface area (Å²) in [6.07, 6.45) is 3.78. The number of piperidine rings is 1. The Morgan fingerprint density at radius 1 is 1.11 bits per heavy atom. The summed E-state index contributed by atoms with van der Waals surface area (Å²) < 4.78 is 12.3. The second-order valence-electron chi connectivity index (χ2n) is 7.29. The first kappa shape index (κ1) is 18.3. The summed E-state index contributed by atoms with van der Waals surface area (Å²) in [6.45, 7) is 4.34. The normalized spacial score (nSPS) is 20.0. The van der Waals surface area contributed by atoms with Crippen LogP contribution in [-0.4, -0.2) is 25.7 Å². The van der Waals surface area contributed by atoms with Crippen LogP contribution in [0.15, 0.2) is 36.4 Å². The maximum atomic E-state index is 5.53. The standard InChI is InChI=1S/C22H26N2O2S/c1-15-12-19(25-2)20(26-3)13-16(15)14-24-11-7-6-9-18(24)22-23-17-8-4-5-10-21(17)27-22/h4-5,8,10,12-13,18H,6-7,9,11,14H2,1-3H3/p+1/t18-/m1/s1. The first-order valence-electron chi connectivity index (χ1n) is 9.61. The molecule has 1 aliphatic heterocycles. The molecule has 1 aliphatic rings. The molecule has 0 amide bonds. The van der Waals surface area contributed by atoms with Gasteiger partial charge in [-0.3, -0.25) is 0 Å². The Labute approximate surface area is 164 Å². The number of rotatable bonds is 5. The lowest BCUT2D eigenvalue weighted by molar-refractivity contribution is -0.950. The molecule has 0 radical (unpaired) electrons. The van der Waals surface area contributed by atoms with E-state index in [0.29, 0.717) is 6.04 Å². The van der Waals surface area contributed by atoms with Gasteiger partial charge in [0.15, 0.2) is 16.5 Å². The number of aromatic nitrogens is 1. The highest BCUT2D eigenvalue weighted by Crippen LogP contribution is 2.31. The summed E-state index contributed by atoms with van der Waals surface area (Å²) in [5.74, 6) is 1.61. The number of ether oxygens (including phenoxy) is 2. The Balaban J connectivity index is 1.63. The molecule has 1 fully saturated rings. The van der Waals surface area contributed by atoms with Crippen LogP contribution in [0.3, 0.4) is 0 Å². The molecule has 3 aromatic rings. The fraction of sp³-hybridized carbons (Fsp3) is 0.409. The number of para-hydroxylation sites is 1. The molecule has 4 rings (SSSR count). The minimum absolute atomic E-state index is 0.476. The highest BCUT2D eigenvalue weighted by Gasteiger charge is 2.31. The number of nitrogens with one attached hydrogen (secondary N) is 1. The number of methoxy groups -OCH3 is 2. The van der Waals surface area contributed by atoms with Gasteiger partial charge in [0.05, 0.1) is 31.0 Å². The number of fused-ring (bicyclic) bond motifs is 1. The molecule has 2 heterocycles. The molecule has 1 unspecified atom stereocenters. The SMILES string of the molecule is COc1cc(C)c(C[NH+]2CCCC[C@@H]2c2nc3ccccc3s2)cc1OC. The van der Waals surface area contributed by atoms with Crippen LogP contribution in [0.5, 0.6) is 11.5 Å². The second kappa shape index (κ2) is 7.87. The second-order valence-corrected chi connectivity index (χ2v) is 8.35. The average Bonchev–Trinajstić information content (AvgIpc) is 3.13. The first-order chi connectivity index (χ1) is 13.2. The van der Waals surface area contributed by atoms with E-state index < -0.39 is 0 Å². The van der Waals surface area contributed by atoms with Crippen LogP contribution in [0, 0.1) is 6.92 Å². The number of aryl methyl sites for hydroxylation is 1. The maximum Gasteiger partial charge on any atom is 0.161 e. The van der Waals surface area contributed by atoms with E-state index in [2.05, 4.69) is 43.3 Å². The van der Waals surface area contributed by atoms with Gasteiger partial charge in [-0.2, -0.15) is 0 Å². The molecule has 2 atom stereocenters. The molecule has 1 aromatic heterocycles. The van der Waals surface area contributed by atoms with Crippen molar-refractivity contribution in [3.63, 3.8) is 0 Å². The van der Waals surface area contributed by atoms with Gasteiger partial charge in [0.2, 0.25) is 0 Å². The lowest BCUT2D eigenvalue weighted by atomic mass is 10.00. The summed E-state index contributed by atoms with van der Waals surface area (Å²) in [6, 6.07) is 13.2. The fourth-order valence-corrected chi connectivity index (χ4v) is 5.25. The third-order valence-corrected chi connectivity index (χ3v) is 6.75. The predicted octanol–water partition coefficient (Wildman–Crippen LogP) is 3.93. The van der Waals surface area contributed by atoms with Crippen molar-refractivity contribution in [2.75, 3.05) is 20.8 Å². The van der Waals surface area contributed by atoms with Crippen molar-refractivity contribution in [2.24, 2.45) is 0 Å². The molecular weight excluding hydrogens is 356 g/mol. The number of hydrogen-bond acceptors (Lipinski definition) is 4. The van der Waals surface area contributed by atoms with Crippen LogP contribution in [0.2, 0.25) is 0 Å². The minimum Gasteiger partial charge on any atom is -0.493 e. The van der Waals surface area contributed by atoms with Gasteiger partial charge in [0, 0.05) is 12.0 Å². The number of hydrogen-bond donors (Lipinski definition) is 1. The van der Waals surface area contributed by atoms with Crippen LogP contribution in [0.25, 0.3) is 10.2 Å². The van der Waals surface area contributed by atoms with Crippen molar-refractivity contribution < 1.29 is 14.4 Å². The van der Waals surface area contributed by atoms with E-state index in [4.69, 9.17) is 14.5 Å². The zero-order valence-electron chi connectivity index (χ0n) is 16.2. The van der Waals surface area contributed by atoms with Gasteiger partial charge in [0.25, 0.3) is 0 Å². The van der Waals surface area contributed by atoms with Gasteiger partial charge in [-0.05, 0) is 49.6 Å². The van der Waals surface area contributed by atoms with Crippen molar-refractivity contribution in [3.05, 3.63) is 52.5 Å². The van der Waals surface area contributed by atoms with Crippen LogP contribution in [0.4, 0.5) is 0 Å². The molecule has 27 heavy (non-hydrogen) atoms. The Morgan fingerprint density at radius 2 is 1.89 bits per heavy atom. The zero-order chi connectivity index (χ0) is 18.8. The van der Waals surface area contributed by atoms with Crippen LogP contribution in [0.1, 0.15) is 41.4 Å². The number of nitrogens with zero attached hydrogens (tertiary/aromatic N) is 1.